The van der Waals surface area contributed by atoms with Crippen molar-refractivity contribution in [3.63, 3.8) is 0 Å². The summed E-state index contributed by atoms with van der Waals surface area (Å²) < 4.78 is 0. The SMILES string of the molecule is N#Cc1sc(NC2CCCCCCC2)c(C(N)=O)c1N. The number of amides is 1. The maximum absolute atomic E-state index is 11.5. The highest BCUT2D eigenvalue weighted by atomic mass is 32.1. The highest BCUT2D eigenvalue weighted by Gasteiger charge is 2.22. The summed E-state index contributed by atoms with van der Waals surface area (Å²) >= 11 is 1.22. The molecule has 2 rings (SSSR count). The Kier molecular flexibility index (Phi) is 4.85. The maximum atomic E-state index is 11.5. The van der Waals surface area contributed by atoms with Gasteiger partial charge in [-0.05, 0) is 12.8 Å². The summed E-state index contributed by atoms with van der Waals surface area (Å²) in [7, 11) is 0. The molecule has 1 aliphatic carbocycles. The van der Waals surface area contributed by atoms with Crippen molar-refractivity contribution in [2.75, 3.05) is 11.1 Å². The van der Waals surface area contributed by atoms with E-state index in [1.165, 1.54) is 43.4 Å². The molecule has 0 atom stereocenters. The number of rotatable bonds is 3. The molecule has 0 spiro atoms. The maximum Gasteiger partial charge on any atom is 0.253 e. The average Bonchev–Trinajstić information content (AvgIpc) is 2.68. The minimum Gasteiger partial charge on any atom is -0.396 e. The second kappa shape index (κ2) is 6.62. The number of nitrogens with one attached hydrogen (secondary N) is 1. The lowest BCUT2D eigenvalue weighted by molar-refractivity contribution is 0.100. The van der Waals surface area contributed by atoms with Crippen LogP contribution < -0.4 is 16.8 Å². The molecular weight excluding hydrogens is 272 g/mol. The van der Waals surface area contributed by atoms with E-state index in [0.717, 1.165) is 12.8 Å². The van der Waals surface area contributed by atoms with Gasteiger partial charge in [0.15, 0.2) is 0 Å². The summed E-state index contributed by atoms with van der Waals surface area (Å²) in [6.07, 6.45) is 8.37. The Balaban J connectivity index is 2.19. The van der Waals surface area contributed by atoms with Gasteiger partial charge in [0.05, 0.1) is 11.3 Å². The van der Waals surface area contributed by atoms with Crippen LogP contribution in [-0.4, -0.2) is 11.9 Å². The third-order valence-electron chi connectivity index (χ3n) is 3.73. The molecule has 1 aromatic rings. The van der Waals surface area contributed by atoms with E-state index < -0.39 is 5.91 Å². The topological polar surface area (TPSA) is 105 Å². The number of nitriles is 1. The Labute approximate surface area is 122 Å². The normalized spacial score (nSPS) is 16.9. The molecule has 0 radical (unpaired) electrons. The molecule has 20 heavy (non-hydrogen) atoms. The van der Waals surface area contributed by atoms with E-state index in [9.17, 15) is 4.79 Å². The molecule has 1 heterocycles. The first kappa shape index (κ1) is 14.7. The second-order valence-corrected chi connectivity index (χ2v) is 6.23. The highest BCUT2D eigenvalue weighted by molar-refractivity contribution is 7.17. The van der Waals surface area contributed by atoms with Gasteiger partial charge < -0.3 is 16.8 Å². The van der Waals surface area contributed by atoms with Crippen LogP contribution in [0.5, 0.6) is 0 Å². The van der Waals surface area contributed by atoms with Crippen molar-refractivity contribution in [3.8, 4) is 6.07 Å². The number of nitrogen functional groups attached to an aromatic ring is 1. The van der Waals surface area contributed by atoms with Gasteiger partial charge >= 0.3 is 0 Å². The van der Waals surface area contributed by atoms with Gasteiger partial charge in [-0.15, -0.1) is 11.3 Å². The van der Waals surface area contributed by atoms with E-state index in [1.54, 1.807) is 0 Å². The fourth-order valence-corrected chi connectivity index (χ4v) is 3.66. The summed E-state index contributed by atoms with van der Waals surface area (Å²) in [5.41, 5.74) is 11.7. The molecule has 1 fully saturated rings. The number of hydrogen-bond acceptors (Lipinski definition) is 5. The third-order valence-corrected chi connectivity index (χ3v) is 4.77. The van der Waals surface area contributed by atoms with E-state index in [1.807, 2.05) is 6.07 Å². The summed E-state index contributed by atoms with van der Waals surface area (Å²) in [6, 6.07) is 2.35. The van der Waals surface area contributed by atoms with Crippen LogP contribution in [-0.2, 0) is 0 Å². The van der Waals surface area contributed by atoms with Crippen molar-refractivity contribution in [1.29, 1.82) is 5.26 Å². The predicted molar refractivity (Wildman–Crippen MR) is 81.7 cm³/mol. The van der Waals surface area contributed by atoms with Gasteiger partial charge in [-0.25, -0.2) is 0 Å². The van der Waals surface area contributed by atoms with E-state index in [0.29, 0.717) is 15.9 Å². The molecule has 1 amide bonds. The molecular formula is C14H20N4OS. The van der Waals surface area contributed by atoms with Gasteiger partial charge in [-0.1, -0.05) is 32.1 Å². The molecule has 1 saturated carbocycles. The van der Waals surface area contributed by atoms with Crippen molar-refractivity contribution in [1.82, 2.24) is 0 Å². The Morgan fingerprint density at radius 1 is 1.25 bits per heavy atom. The van der Waals surface area contributed by atoms with Crippen molar-refractivity contribution in [2.24, 2.45) is 5.73 Å². The van der Waals surface area contributed by atoms with Gasteiger partial charge in [0, 0.05) is 6.04 Å². The zero-order chi connectivity index (χ0) is 14.5. The Hall–Kier alpha value is -1.74. The molecule has 5 N–H and O–H groups in total. The van der Waals surface area contributed by atoms with Gasteiger partial charge in [0.1, 0.15) is 15.9 Å². The smallest absolute Gasteiger partial charge is 0.253 e. The largest absolute Gasteiger partial charge is 0.396 e. The Morgan fingerprint density at radius 2 is 1.85 bits per heavy atom. The predicted octanol–water partition coefficient (Wildman–Crippen LogP) is 2.83. The Morgan fingerprint density at radius 3 is 2.40 bits per heavy atom. The van der Waals surface area contributed by atoms with Crippen LogP contribution in [0.1, 0.15) is 60.2 Å². The molecule has 0 bridgehead atoms. The zero-order valence-corrected chi connectivity index (χ0v) is 12.3. The van der Waals surface area contributed by atoms with Crippen molar-refractivity contribution < 1.29 is 4.79 Å². The number of carbonyl (C=O) groups is 1. The lowest BCUT2D eigenvalue weighted by atomic mass is 9.97. The standard InChI is InChI=1S/C14H20N4OS/c15-8-10-12(16)11(13(17)19)14(20-10)18-9-6-4-2-1-3-5-7-9/h9,18H,1-7,16H2,(H2,17,19). The van der Waals surface area contributed by atoms with Gasteiger partial charge in [0.25, 0.3) is 5.91 Å². The van der Waals surface area contributed by atoms with Crippen LogP contribution in [0.15, 0.2) is 0 Å². The quantitative estimate of drug-likeness (QED) is 0.796. The van der Waals surface area contributed by atoms with E-state index in [2.05, 4.69) is 5.32 Å². The van der Waals surface area contributed by atoms with Crippen LogP contribution in [0.3, 0.4) is 0 Å². The average molecular weight is 292 g/mol. The molecule has 108 valence electrons. The minimum absolute atomic E-state index is 0.207. The zero-order valence-electron chi connectivity index (χ0n) is 11.4. The van der Waals surface area contributed by atoms with Crippen molar-refractivity contribution >= 4 is 27.9 Å². The summed E-state index contributed by atoms with van der Waals surface area (Å²) in [6.45, 7) is 0. The van der Waals surface area contributed by atoms with Crippen LogP contribution in [0, 0.1) is 11.3 Å². The first-order chi connectivity index (χ1) is 9.63. The number of anilines is 2. The summed E-state index contributed by atoms with van der Waals surface area (Å²) in [5, 5.41) is 13.1. The molecule has 1 aliphatic rings. The number of nitrogens with two attached hydrogens (primary N) is 2. The molecule has 0 saturated heterocycles. The number of thiophene rings is 1. The van der Waals surface area contributed by atoms with Gasteiger partial charge in [0.2, 0.25) is 0 Å². The molecule has 1 aromatic heterocycles. The van der Waals surface area contributed by atoms with Crippen molar-refractivity contribution in [2.45, 2.75) is 51.0 Å². The lowest BCUT2D eigenvalue weighted by Crippen LogP contribution is -2.22. The number of nitrogens with zero attached hydrogens (tertiary/aromatic N) is 1. The van der Waals surface area contributed by atoms with E-state index in [4.69, 9.17) is 16.7 Å². The number of carbonyl (C=O) groups excluding carboxylic acids is 1. The fourth-order valence-electron chi connectivity index (χ4n) is 2.66. The molecule has 0 aromatic carbocycles. The van der Waals surface area contributed by atoms with Gasteiger partial charge in [-0.2, -0.15) is 5.26 Å². The fraction of sp³-hybridized carbons (Fsp3) is 0.571. The second-order valence-electron chi connectivity index (χ2n) is 5.21. The molecule has 0 unspecified atom stereocenters. The van der Waals surface area contributed by atoms with E-state index in [-0.39, 0.29) is 11.3 Å². The van der Waals surface area contributed by atoms with Gasteiger partial charge in [-0.3, -0.25) is 4.79 Å². The third kappa shape index (κ3) is 3.23. The highest BCUT2D eigenvalue weighted by Crippen LogP contribution is 2.36. The summed E-state index contributed by atoms with van der Waals surface area (Å²) in [5.74, 6) is -0.575. The summed E-state index contributed by atoms with van der Waals surface area (Å²) in [4.78, 5) is 11.9. The first-order valence-electron chi connectivity index (χ1n) is 7.02. The molecule has 0 aliphatic heterocycles. The molecule has 5 nitrogen and oxygen atoms in total. The lowest BCUT2D eigenvalue weighted by Gasteiger charge is -2.21. The van der Waals surface area contributed by atoms with Crippen LogP contribution >= 0.6 is 11.3 Å². The monoisotopic (exact) mass is 292 g/mol. The van der Waals surface area contributed by atoms with Crippen LogP contribution in [0.2, 0.25) is 0 Å². The van der Waals surface area contributed by atoms with E-state index >= 15 is 0 Å². The van der Waals surface area contributed by atoms with Crippen molar-refractivity contribution in [3.05, 3.63) is 10.4 Å². The first-order valence-corrected chi connectivity index (χ1v) is 7.83. The minimum atomic E-state index is -0.575. The number of hydrogen-bond donors (Lipinski definition) is 3. The van der Waals surface area contributed by atoms with Crippen LogP contribution in [0.4, 0.5) is 10.7 Å². The number of primary amides is 1. The Bertz CT molecular complexity index is 524. The van der Waals surface area contributed by atoms with Crippen LogP contribution in [0.25, 0.3) is 0 Å². The molecule has 6 heteroatoms.